The molecule has 1 atom stereocenters. The lowest BCUT2D eigenvalue weighted by Crippen LogP contribution is -2.37. The third-order valence-corrected chi connectivity index (χ3v) is 8.48. The van der Waals surface area contributed by atoms with E-state index in [0.717, 1.165) is 5.56 Å². The van der Waals surface area contributed by atoms with Gasteiger partial charge in [0.05, 0.1) is 34.8 Å². The zero-order valence-electron chi connectivity index (χ0n) is 20.1. The minimum Gasteiger partial charge on any atom is -0.384 e. The first kappa shape index (κ1) is 26.0. The van der Waals surface area contributed by atoms with Crippen molar-refractivity contribution in [1.29, 1.82) is 0 Å². The van der Waals surface area contributed by atoms with Gasteiger partial charge >= 0.3 is 0 Å². The Morgan fingerprint density at radius 2 is 1.78 bits per heavy atom. The van der Waals surface area contributed by atoms with Crippen molar-refractivity contribution in [2.75, 3.05) is 24.8 Å². The highest BCUT2D eigenvalue weighted by atomic mass is 35.5. The van der Waals surface area contributed by atoms with Crippen molar-refractivity contribution >= 4 is 38.9 Å². The van der Waals surface area contributed by atoms with Crippen LogP contribution in [0.3, 0.4) is 0 Å². The smallest absolute Gasteiger partial charge is 0.229 e. The van der Waals surface area contributed by atoms with Gasteiger partial charge in [-0.1, -0.05) is 35.9 Å². The quantitative estimate of drug-likeness (QED) is 0.466. The molecule has 1 N–H and O–H groups in total. The molecular weight excluding hydrogens is 500 g/mol. The van der Waals surface area contributed by atoms with E-state index in [-0.39, 0.29) is 35.4 Å². The highest BCUT2D eigenvalue weighted by Crippen LogP contribution is 2.38. The number of carbonyl (C=O) groups excluding carboxylic acids is 2. The van der Waals surface area contributed by atoms with E-state index in [9.17, 15) is 18.0 Å². The van der Waals surface area contributed by atoms with Crippen molar-refractivity contribution in [1.82, 2.24) is 4.98 Å². The molecule has 1 aliphatic rings. The van der Waals surface area contributed by atoms with Gasteiger partial charge in [0.15, 0.2) is 15.6 Å². The summed E-state index contributed by atoms with van der Waals surface area (Å²) in [5.41, 5.74) is 2.15. The van der Waals surface area contributed by atoms with E-state index in [1.807, 2.05) is 19.1 Å². The standard InChI is InChI=1S/C27H27ClN2O5S/c1-27(19-5-7-20(28)8-6-19)14-13-23-22(26(27)32)11-12-24(29-23)30-25(31)17-18-3-9-21(10-4-18)36(33,34)16-15-35-2/h3-12H,13-17H2,1-2H3,(H,29,30,31). The van der Waals surface area contributed by atoms with Gasteiger partial charge in [0.1, 0.15) is 5.82 Å². The summed E-state index contributed by atoms with van der Waals surface area (Å²) in [7, 11) is -1.98. The molecule has 188 valence electrons. The number of methoxy groups -OCH3 is 1. The van der Waals surface area contributed by atoms with Crippen molar-refractivity contribution in [2.45, 2.75) is 36.5 Å². The fourth-order valence-electron chi connectivity index (χ4n) is 4.34. The topological polar surface area (TPSA) is 102 Å². The monoisotopic (exact) mass is 526 g/mol. The fraction of sp³-hybridized carbons (Fsp3) is 0.296. The molecule has 2 aromatic carbocycles. The van der Waals surface area contributed by atoms with Crippen molar-refractivity contribution in [3.8, 4) is 0 Å². The number of ether oxygens (including phenoxy) is 1. The average molecular weight is 527 g/mol. The van der Waals surface area contributed by atoms with Crippen molar-refractivity contribution in [3.05, 3.63) is 88.1 Å². The molecule has 1 amide bonds. The zero-order chi connectivity index (χ0) is 25.9. The average Bonchev–Trinajstić information content (AvgIpc) is 2.86. The summed E-state index contributed by atoms with van der Waals surface area (Å²) >= 11 is 6.01. The SMILES string of the molecule is COCCS(=O)(=O)c1ccc(CC(=O)Nc2ccc3c(n2)CCC(C)(c2ccc(Cl)cc2)C3=O)cc1. The second kappa shape index (κ2) is 10.5. The number of Topliss-reactive ketones (excluding diaryl/α,β-unsaturated/α-hetero) is 1. The second-order valence-corrected chi connectivity index (χ2v) is 11.6. The number of amides is 1. The molecule has 0 saturated carbocycles. The molecule has 1 aliphatic carbocycles. The van der Waals surface area contributed by atoms with E-state index < -0.39 is 15.3 Å². The predicted molar refractivity (Wildman–Crippen MR) is 138 cm³/mol. The van der Waals surface area contributed by atoms with E-state index in [1.54, 1.807) is 36.4 Å². The summed E-state index contributed by atoms with van der Waals surface area (Å²) in [6, 6.07) is 16.9. The van der Waals surface area contributed by atoms with Crippen LogP contribution in [0, 0.1) is 0 Å². The number of halogens is 1. The van der Waals surface area contributed by atoms with Crippen LogP contribution >= 0.6 is 11.6 Å². The largest absolute Gasteiger partial charge is 0.384 e. The van der Waals surface area contributed by atoms with Crippen LogP contribution in [0.5, 0.6) is 0 Å². The van der Waals surface area contributed by atoms with Crippen molar-refractivity contribution < 1.29 is 22.7 Å². The number of anilines is 1. The van der Waals surface area contributed by atoms with Gasteiger partial charge in [0.2, 0.25) is 5.91 Å². The number of nitrogens with one attached hydrogen (secondary N) is 1. The minimum atomic E-state index is -3.43. The summed E-state index contributed by atoms with van der Waals surface area (Å²) in [4.78, 5) is 30.7. The molecule has 0 radical (unpaired) electrons. The van der Waals surface area contributed by atoms with Gasteiger partial charge in [0.25, 0.3) is 0 Å². The van der Waals surface area contributed by atoms with Gasteiger partial charge < -0.3 is 10.1 Å². The number of benzene rings is 2. The molecule has 0 bridgehead atoms. The first-order valence-corrected chi connectivity index (χ1v) is 13.6. The molecular formula is C27H27ClN2O5S. The number of ketones is 1. The number of fused-ring (bicyclic) bond motifs is 1. The Kier molecular flexibility index (Phi) is 7.59. The van der Waals surface area contributed by atoms with Crippen LogP contribution in [-0.4, -0.2) is 44.6 Å². The first-order chi connectivity index (χ1) is 17.1. The molecule has 7 nitrogen and oxygen atoms in total. The molecule has 0 aliphatic heterocycles. The normalized spacial score (nSPS) is 17.5. The number of rotatable bonds is 8. The Balaban J connectivity index is 1.42. The van der Waals surface area contributed by atoms with E-state index in [1.165, 1.54) is 19.2 Å². The summed E-state index contributed by atoms with van der Waals surface area (Å²) in [5, 5.41) is 3.40. The Morgan fingerprint density at radius 1 is 1.08 bits per heavy atom. The Morgan fingerprint density at radius 3 is 2.44 bits per heavy atom. The molecule has 0 fully saturated rings. The van der Waals surface area contributed by atoms with E-state index >= 15 is 0 Å². The van der Waals surface area contributed by atoms with E-state index in [4.69, 9.17) is 16.3 Å². The molecule has 1 aromatic heterocycles. The van der Waals surface area contributed by atoms with Gasteiger partial charge in [-0.05, 0) is 67.3 Å². The zero-order valence-corrected chi connectivity index (χ0v) is 21.7. The number of hydrogen-bond donors (Lipinski definition) is 1. The maximum atomic E-state index is 13.3. The minimum absolute atomic E-state index is 0.00279. The van der Waals surface area contributed by atoms with Crippen LogP contribution in [-0.2, 0) is 37.6 Å². The lowest BCUT2D eigenvalue weighted by Gasteiger charge is -2.33. The number of carbonyl (C=O) groups is 2. The number of sulfone groups is 1. The summed E-state index contributed by atoms with van der Waals surface area (Å²) in [6.45, 7) is 2.05. The number of aromatic nitrogens is 1. The van der Waals surface area contributed by atoms with E-state index in [2.05, 4.69) is 10.3 Å². The maximum absolute atomic E-state index is 13.3. The van der Waals surface area contributed by atoms with Crippen LogP contribution < -0.4 is 5.32 Å². The molecule has 4 rings (SSSR count). The van der Waals surface area contributed by atoms with Gasteiger partial charge in [0, 0.05) is 17.7 Å². The van der Waals surface area contributed by atoms with Crippen molar-refractivity contribution in [3.63, 3.8) is 0 Å². The summed E-state index contributed by atoms with van der Waals surface area (Å²) in [6.07, 6.45) is 1.26. The maximum Gasteiger partial charge on any atom is 0.229 e. The summed E-state index contributed by atoms with van der Waals surface area (Å²) < 4.78 is 29.3. The third-order valence-electron chi connectivity index (χ3n) is 6.53. The van der Waals surface area contributed by atoms with Crippen LogP contribution in [0.1, 0.15) is 40.5 Å². The second-order valence-electron chi connectivity index (χ2n) is 9.04. The van der Waals surface area contributed by atoms with Gasteiger partial charge in [-0.2, -0.15) is 0 Å². The lowest BCUT2D eigenvalue weighted by molar-refractivity contribution is -0.115. The third kappa shape index (κ3) is 5.51. The van der Waals surface area contributed by atoms with Crippen molar-refractivity contribution in [2.24, 2.45) is 0 Å². The first-order valence-electron chi connectivity index (χ1n) is 11.5. The van der Waals surface area contributed by atoms with Crippen LogP contribution in [0.25, 0.3) is 0 Å². The highest BCUT2D eigenvalue weighted by Gasteiger charge is 2.40. The van der Waals surface area contributed by atoms with E-state index in [0.29, 0.717) is 40.5 Å². The highest BCUT2D eigenvalue weighted by molar-refractivity contribution is 7.91. The molecule has 3 aromatic rings. The Hall–Kier alpha value is -3.07. The predicted octanol–water partition coefficient (Wildman–Crippen LogP) is 4.42. The van der Waals surface area contributed by atoms with Crippen LogP contribution in [0.4, 0.5) is 5.82 Å². The van der Waals surface area contributed by atoms with Crippen LogP contribution in [0.2, 0.25) is 5.02 Å². The molecule has 1 heterocycles. The molecule has 36 heavy (non-hydrogen) atoms. The number of pyridine rings is 1. The molecule has 1 unspecified atom stereocenters. The number of aryl methyl sites for hydroxylation is 1. The van der Waals surface area contributed by atoms with Gasteiger partial charge in [-0.25, -0.2) is 13.4 Å². The fourth-order valence-corrected chi connectivity index (χ4v) is 5.64. The molecule has 0 saturated heterocycles. The molecule has 9 heteroatoms. The summed E-state index contributed by atoms with van der Waals surface area (Å²) in [5.74, 6) is -0.0164. The van der Waals surface area contributed by atoms with Crippen LogP contribution in [0.15, 0.2) is 65.6 Å². The van der Waals surface area contributed by atoms with Gasteiger partial charge in [-0.15, -0.1) is 0 Å². The number of hydrogen-bond acceptors (Lipinski definition) is 6. The molecule has 0 spiro atoms. The lowest BCUT2D eigenvalue weighted by atomic mass is 9.69. The Labute approximate surface area is 215 Å². The van der Waals surface area contributed by atoms with Gasteiger partial charge in [-0.3, -0.25) is 9.59 Å². The number of nitrogens with zero attached hydrogens (tertiary/aromatic N) is 1. The Bertz CT molecular complexity index is 1390.